The highest BCUT2D eigenvalue weighted by atomic mass is 35.5. The van der Waals surface area contributed by atoms with Crippen LogP contribution in [0, 0.1) is 13.8 Å². The highest BCUT2D eigenvalue weighted by Crippen LogP contribution is 2.22. The van der Waals surface area contributed by atoms with Crippen molar-refractivity contribution >= 4 is 28.3 Å². The van der Waals surface area contributed by atoms with E-state index in [1.807, 2.05) is 26.0 Å². The maximum Gasteiger partial charge on any atom is 0.243 e. The van der Waals surface area contributed by atoms with Crippen LogP contribution in [0.2, 0.25) is 0 Å². The maximum atomic E-state index is 12.9. The van der Waals surface area contributed by atoms with Crippen molar-refractivity contribution in [1.82, 2.24) is 9.21 Å². The molecule has 8 heteroatoms. The van der Waals surface area contributed by atoms with Crippen LogP contribution in [0.3, 0.4) is 0 Å². The molecule has 0 bridgehead atoms. The molecule has 1 aromatic rings. The number of aryl methyl sites for hydroxylation is 2. The quantitative estimate of drug-likeness (QED) is 0.658. The van der Waals surface area contributed by atoms with E-state index in [2.05, 4.69) is 0 Å². The van der Waals surface area contributed by atoms with Crippen molar-refractivity contribution in [1.29, 1.82) is 0 Å². The van der Waals surface area contributed by atoms with Gasteiger partial charge >= 0.3 is 0 Å². The van der Waals surface area contributed by atoms with Crippen molar-refractivity contribution in [2.75, 3.05) is 32.7 Å². The van der Waals surface area contributed by atoms with Crippen LogP contribution >= 0.6 is 12.4 Å². The number of carbonyl (C=O) groups excluding carboxylic acids is 1. The fraction of sp³-hybridized carbons (Fsp3) is 0.632. The Hall–Kier alpha value is -1.15. The lowest BCUT2D eigenvalue weighted by Crippen LogP contribution is -2.50. The monoisotopic (exact) mass is 417 g/mol. The fourth-order valence-electron chi connectivity index (χ4n) is 3.23. The summed E-state index contributed by atoms with van der Waals surface area (Å²) in [6.45, 7) is 6.05. The molecule has 1 aromatic carbocycles. The summed E-state index contributed by atoms with van der Waals surface area (Å²) in [5.74, 6) is 0.126. The molecule has 1 aliphatic rings. The Kier molecular flexibility index (Phi) is 9.73. The molecule has 0 radical (unpaired) electrons. The molecule has 1 fully saturated rings. The number of unbranched alkanes of at least 4 members (excludes halogenated alkanes) is 3. The summed E-state index contributed by atoms with van der Waals surface area (Å²) in [4.78, 5) is 14.5. The number of nitrogens with two attached hydrogens (primary N) is 1. The van der Waals surface area contributed by atoms with Crippen molar-refractivity contribution in [3.63, 3.8) is 0 Å². The first kappa shape index (κ1) is 23.9. The molecule has 0 aromatic heterocycles. The predicted octanol–water partition coefficient (Wildman–Crippen LogP) is 2.47. The van der Waals surface area contributed by atoms with E-state index in [9.17, 15) is 13.2 Å². The van der Waals surface area contributed by atoms with E-state index in [0.29, 0.717) is 44.0 Å². The van der Waals surface area contributed by atoms with E-state index in [0.717, 1.165) is 36.8 Å². The van der Waals surface area contributed by atoms with Crippen LogP contribution in [0.5, 0.6) is 0 Å². The third-order valence-electron chi connectivity index (χ3n) is 4.90. The third-order valence-corrected chi connectivity index (χ3v) is 6.94. The zero-order valence-electron chi connectivity index (χ0n) is 16.3. The minimum absolute atomic E-state index is 0. The van der Waals surface area contributed by atoms with Gasteiger partial charge in [-0.2, -0.15) is 4.31 Å². The van der Waals surface area contributed by atoms with Gasteiger partial charge in [-0.1, -0.05) is 25.0 Å². The van der Waals surface area contributed by atoms with Crippen LogP contribution in [-0.4, -0.2) is 56.3 Å². The van der Waals surface area contributed by atoms with E-state index >= 15 is 0 Å². The Bertz CT molecular complexity index is 717. The van der Waals surface area contributed by atoms with Gasteiger partial charge < -0.3 is 10.6 Å². The molecule has 27 heavy (non-hydrogen) atoms. The van der Waals surface area contributed by atoms with Crippen LogP contribution < -0.4 is 5.73 Å². The Labute approximate surface area is 169 Å². The summed E-state index contributed by atoms with van der Waals surface area (Å²) >= 11 is 0. The second kappa shape index (κ2) is 11.0. The number of halogens is 1. The zero-order valence-corrected chi connectivity index (χ0v) is 17.9. The largest absolute Gasteiger partial charge is 0.340 e. The summed E-state index contributed by atoms with van der Waals surface area (Å²) in [7, 11) is -3.51. The molecule has 6 nitrogen and oxygen atoms in total. The minimum Gasteiger partial charge on any atom is -0.340 e. The van der Waals surface area contributed by atoms with Gasteiger partial charge in [0.25, 0.3) is 0 Å². The molecule has 1 amide bonds. The van der Waals surface area contributed by atoms with Gasteiger partial charge in [0.05, 0.1) is 4.90 Å². The smallest absolute Gasteiger partial charge is 0.243 e. The second-order valence-corrected chi connectivity index (χ2v) is 8.91. The van der Waals surface area contributed by atoms with Crippen LogP contribution in [0.4, 0.5) is 0 Å². The molecule has 154 valence electrons. The minimum atomic E-state index is -3.51. The molecular weight excluding hydrogens is 386 g/mol. The van der Waals surface area contributed by atoms with Gasteiger partial charge in [-0.15, -0.1) is 12.4 Å². The zero-order chi connectivity index (χ0) is 19.2. The molecule has 0 unspecified atom stereocenters. The van der Waals surface area contributed by atoms with Gasteiger partial charge in [-0.25, -0.2) is 8.42 Å². The second-order valence-electron chi connectivity index (χ2n) is 7.01. The number of hydrogen-bond acceptors (Lipinski definition) is 4. The van der Waals surface area contributed by atoms with Crippen molar-refractivity contribution < 1.29 is 13.2 Å². The van der Waals surface area contributed by atoms with Gasteiger partial charge in [-0.3, -0.25) is 4.79 Å². The van der Waals surface area contributed by atoms with Gasteiger partial charge in [0.15, 0.2) is 0 Å². The van der Waals surface area contributed by atoms with Crippen LogP contribution in [0.25, 0.3) is 0 Å². The maximum absolute atomic E-state index is 12.9. The van der Waals surface area contributed by atoms with Gasteiger partial charge in [-0.05, 0) is 50.4 Å². The molecule has 0 spiro atoms. The summed E-state index contributed by atoms with van der Waals surface area (Å²) in [5, 5.41) is 0. The molecule has 0 atom stereocenters. The number of benzene rings is 1. The van der Waals surface area contributed by atoms with Gasteiger partial charge in [0, 0.05) is 32.6 Å². The van der Waals surface area contributed by atoms with Crippen LogP contribution in [-0.2, 0) is 14.8 Å². The fourth-order valence-corrected chi connectivity index (χ4v) is 4.97. The van der Waals surface area contributed by atoms with Crippen LogP contribution in [0.15, 0.2) is 23.1 Å². The van der Waals surface area contributed by atoms with E-state index in [-0.39, 0.29) is 18.3 Å². The molecule has 0 aliphatic carbocycles. The van der Waals surface area contributed by atoms with Gasteiger partial charge in [0.2, 0.25) is 15.9 Å². The average Bonchev–Trinajstić information content (AvgIpc) is 2.63. The SMILES string of the molecule is Cc1ccc(C)c(S(=O)(=O)N2CCN(C(=O)CCCCCCN)CC2)c1.Cl. The van der Waals surface area contributed by atoms with E-state index in [4.69, 9.17) is 5.73 Å². The summed E-state index contributed by atoms with van der Waals surface area (Å²) < 4.78 is 27.3. The lowest BCUT2D eigenvalue weighted by Gasteiger charge is -2.34. The van der Waals surface area contributed by atoms with Crippen LogP contribution in [0.1, 0.15) is 43.2 Å². The number of carbonyl (C=O) groups is 1. The Morgan fingerprint density at radius 1 is 1.04 bits per heavy atom. The highest BCUT2D eigenvalue weighted by Gasteiger charge is 2.30. The normalized spacial score (nSPS) is 15.4. The molecule has 1 heterocycles. The summed E-state index contributed by atoms with van der Waals surface area (Å²) in [5.41, 5.74) is 7.15. The Morgan fingerprint density at radius 2 is 1.67 bits per heavy atom. The number of hydrogen-bond donors (Lipinski definition) is 1. The first-order valence-corrected chi connectivity index (χ1v) is 10.9. The standard InChI is InChI=1S/C19H31N3O3S.ClH/c1-16-8-9-17(2)18(15-16)26(24,25)22-13-11-21(12-14-22)19(23)7-5-3-4-6-10-20;/h8-9,15H,3-7,10-14,20H2,1-2H3;1H. The molecule has 0 saturated carbocycles. The Morgan fingerprint density at radius 3 is 2.30 bits per heavy atom. The summed E-state index contributed by atoms with van der Waals surface area (Å²) in [6, 6.07) is 5.48. The predicted molar refractivity (Wildman–Crippen MR) is 111 cm³/mol. The molecule has 1 saturated heterocycles. The van der Waals surface area contributed by atoms with Crippen molar-refractivity contribution in [3.05, 3.63) is 29.3 Å². The van der Waals surface area contributed by atoms with Crippen molar-refractivity contribution in [2.45, 2.75) is 50.8 Å². The lowest BCUT2D eigenvalue weighted by molar-refractivity contribution is -0.132. The van der Waals surface area contributed by atoms with E-state index in [1.54, 1.807) is 11.0 Å². The number of rotatable bonds is 8. The molecular formula is C19H32ClN3O3S. The molecule has 2 rings (SSSR count). The first-order valence-electron chi connectivity index (χ1n) is 9.41. The van der Waals surface area contributed by atoms with Crippen molar-refractivity contribution in [3.8, 4) is 0 Å². The number of sulfonamides is 1. The first-order chi connectivity index (χ1) is 12.4. The number of amides is 1. The number of piperazine rings is 1. The Balaban J connectivity index is 0.00000364. The highest BCUT2D eigenvalue weighted by molar-refractivity contribution is 7.89. The molecule has 2 N–H and O–H groups in total. The average molecular weight is 418 g/mol. The topological polar surface area (TPSA) is 83.7 Å². The van der Waals surface area contributed by atoms with Gasteiger partial charge in [0.1, 0.15) is 0 Å². The van der Waals surface area contributed by atoms with E-state index in [1.165, 1.54) is 4.31 Å². The lowest BCUT2D eigenvalue weighted by atomic mass is 10.1. The summed E-state index contributed by atoms with van der Waals surface area (Å²) in [6.07, 6.45) is 4.49. The number of nitrogens with zero attached hydrogens (tertiary/aromatic N) is 2. The third kappa shape index (κ3) is 6.45. The molecule has 1 aliphatic heterocycles. The van der Waals surface area contributed by atoms with Crippen molar-refractivity contribution in [2.24, 2.45) is 5.73 Å². The van der Waals surface area contributed by atoms with E-state index < -0.39 is 10.0 Å².